The fourth-order valence-electron chi connectivity index (χ4n) is 1.14. The number of allylic oxidation sites excluding steroid dienone is 5. The highest BCUT2D eigenvalue weighted by molar-refractivity contribution is 6.10. The van der Waals surface area contributed by atoms with Crippen LogP contribution in [0.5, 0.6) is 0 Å². The first kappa shape index (κ1) is 13.8. The predicted octanol–water partition coefficient (Wildman–Crippen LogP) is 2.61. The van der Waals surface area contributed by atoms with E-state index in [1.165, 1.54) is 18.4 Å². The van der Waals surface area contributed by atoms with E-state index in [0.717, 1.165) is 18.6 Å². The Hall–Kier alpha value is -1.18. The summed E-state index contributed by atoms with van der Waals surface area (Å²) in [6.07, 6.45) is 11.3. The summed E-state index contributed by atoms with van der Waals surface area (Å²) in [6.45, 7) is 10.7. The van der Waals surface area contributed by atoms with Crippen molar-refractivity contribution >= 4 is 7.85 Å². The maximum Gasteiger partial charge on any atom is 0.107 e. The van der Waals surface area contributed by atoms with Crippen molar-refractivity contribution in [1.82, 2.24) is 5.32 Å². The van der Waals surface area contributed by atoms with Crippen LogP contribution < -0.4 is 5.32 Å². The topological polar surface area (TPSA) is 12.0 Å². The standard InChI is InChI=1S/C13H22BN/c1-4-7-10-15-13(6-3)9-8-12(5-2)11-14/h5-6,8-9,15H,2-4,7,10-11,14H2,1H3/b12-8+,13-9+. The van der Waals surface area contributed by atoms with Crippen LogP contribution in [0.15, 0.2) is 48.7 Å². The smallest absolute Gasteiger partial charge is 0.107 e. The first-order valence-electron chi connectivity index (χ1n) is 5.68. The highest BCUT2D eigenvalue weighted by atomic mass is 14.9. The summed E-state index contributed by atoms with van der Waals surface area (Å²) in [4.78, 5) is 0. The van der Waals surface area contributed by atoms with Gasteiger partial charge >= 0.3 is 0 Å². The summed E-state index contributed by atoms with van der Waals surface area (Å²) in [5, 5.41) is 3.34. The number of rotatable bonds is 8. The van der Waals surface area contributed by atoms with Crippen molar-refractivity contribution < 1.29 is 0 Å². The van der Waals surface area contributed by atoms with Gasteiger partial charge in [-0.3, -0.25) is 0 Å². The summed E-state index contributed by atoms with van der Waals surface area (Å²) >= 11 is 0. The van der Waals surface area contributed by atoms with E-state index in [1.807, 2.05) is 12.2 Å². The molecule has 0 aliphatic heterocycles. The molecule has 0 aliphatic rings. The van der Waals surface area contributed by atoms with Crippen molar-refractivity contribution in [3.8, 4) is 0 Å². The lowest BCUT2D eigenvalue weighted by Crippen LogP contribution is -2.12. The number of hydrogen-bond acceptors (Lipinski definition) is 1. The van der Waals surface area contributed by atoms with E-state index < -0.39 is 0 Å². The molecule has 0 fully saturated rings. The first-order chi connectivity index (χ1) is 7.28. The molecule has 0 aliphatic carbocycles. The molecule has 0 saturated heterocycles. The molecule has 0 heterocycles. The van der Waals surface area contributed by atoms with Crippen molar-refractivity contribution in [3.63, 3.8) is 0 Å². The van der Waals surface area contributed by atoms with E-state index in [4.69, 9.17) is 0 Å². The third-order valence-electron chi connectivity index (χ3n) is 2.23. The van der Waals surface area contributed by atoms with Crippen molar-refractivity contribution in [1.29, 1.82) is 0 Å². The highest BCUT2D eigenvalue weighted by Gasteiger charge is 1.89. The predicted molar refractivity (Wildman–Crippen MR) is 72.8 cm³/mol. The van der Waals surface area contributed by atoms with Crippen LogP contribution in [-0.4, -0.2) is 14.4 Å². The van der Waals surface area contributed by atoms with E-state index in [-0.39, 0.29) is 0 Å². The van der Waals surface area contributed by atoms with Gasteiger partial charge in [0.25, 0.3) is 0 Å². The normalized spacial score (nSPS) is 12.3. The second kappa shape index (κ2) is 9.38. The molecule has 2 heteroatoms. The molecule has 0 atom stereocenters. The molecule has 0 aromatic carbocycles. The Morgan fingerprint density at radius 2 is 2.00 bits per heavy atom. The van der Waals surface area contributed by atoms with E-state index in [1.54, 1.807) is 0 Å². The summed E-state index contributed by atoms with van der Waals surface area (Å²) in [5.41, 5.74) is 2.32. The lowest BCUT2D eigenvalue weighted by molar-refractivity contribution is 0.720. The van der Waals surface area contributed by atoms with Crippen LogP contribution in [-0.2, 0) is 0 Å². The molecule has 0 rings (SSSR count). The minimum atomic E-state index is 1.01. The Labute approximate surface area is 95.1 Å². The van der Waals surface area contributed by atoms with Crippen LogP contribution in [0.25, 0.3) is 0 Å². The number of hydrogen-bond donors (Lipinski definition) is 1. The van der Waals surface area contributed by atoms with Gasteiger partial charge < -0.3 is 5.32 Å². The van der Waals surface area contributed by atoms with Crippen LogP contribution in [0.3, 0.4) is 0 Å². The Kier molecular flexibility index (Phi) is 8.65. The van der Waals surface area contributed by atoms with Crippen LogP contribution in [0.1, 0.15) is 19.8 Å². The van der Waals surface area contributed by atoms with E-state index >= 15 is 0 Å². The van der Waals surface area contributed by atoms with E-state index in [2.05, 4.69) is 45.4 Å². The van der Waals surface area contributed by atoms with Crippen LogP contribution >= 0.6 is 0 Å². The second-order valence-corrected chi connectivity index (χ2v) is 3.41. The molecular formula is C13H22BN. The molecule has 0 radical (unpaired) electrons. The Balaban J connectivity index is 4.25. The quantitative estimate of drug-likeness (QED) is 0.363. The third-order valence-corrected chi connectivity index (χ3v) is 2.23. The molecule has 82 valence electrons. The molecular weight excluding hydrogens is 181 g/mol. The lowest BCUT2D eigenvalue weighted by Gasteiger charge is -2.05. The van der Waals surface area contributed by atoms with Crippen molar-refractivity contribution in [2.24, 2.45) is 0 Å². The van der Waals surface area contributed by atoms with Gasteiger partial charge in [0.05, 0.1) is 0 Å². The molecule has 1 nitrogen and oxygen atoms in total. The Morgan fingerprint density at radius 3 is 2.47 bits per heavy atom. The van der Waals surface area contributed by atoms with Gasteiger partial charge in [-0.15, -0.1) is 0 Å². The van der Waals surface area contributed by atoms with Crippen molar-refractivity contribution in [3.05, 3.63) is 48.7 Å². The van der Waals surface area contributed by atoms with Gasteiger partial charge in [0.2, 0.25) is 0 Å². The van der Waals surface area contributed by atoms with Gasteiger partial charge in [0, 0.05) is 12.2 Å². The summed E-state index contributed by atoms with van der Waals surface area (Å²) < 4.78 is 0. The molecule has 0 unspecified atom stereocenters. The summed E-state index contributed by atoms with van der Waals surface area (Å²) in [6, 6.07) is 0. The zero-order chi connectivity index (χ0) is 11.5. The fourth-order valence-corrected chi connectivity index (χ4v) is 1.14. The SMILES string of the molecule is BC/C(C=C)=C/C=C(\C=C)NCCCC. The minimum Gasteiger partial charge on any atom is -0.385 e. The van der Waals surface area contributed by atoms with Gasteiger partial charge in [-0.25, -0.2) is 0 Å². The lowest BCUT2D eigenvalue weighted by atomic mass is 9.96. The fraction of sp³-hybridized carbons (Fsp3) is 0.385. The van der Waals surface area contributed by atoms with Gasteiger partial charge in [0.1, 0.15) is 7.85 Å². The molecule has 0 aromatic rings. The second-order valence-electron chi connectivity index (χ2n) is 3.41. The molecule has 0 bridgehead atoms. The Bertz CT molecular complexity index is 251. The zero-order valence-electron chi connectivity index (χ0n) is 10.1. The van der Waals surface area contributed by atoms with Gasteiger partial charge in [-0.1, -0.05) is 50.5 Å². The number of nitrogens with one attached hydrogen (secondary N) is 1. The van der Waals surface area contributed by atoms with Crippen LogP contribution in [0, 0.1) is 0 Å². The molecule has 0 amide bonds. The molecule has 0 saturated carbocycles. The average molecular weight is 203 g/mol. The summed E-state index contributed by atoms with van der Waals surface area (Å²) in [5.74, 6) is 0. The first-order valence-corrected chi connectivity index (χ1v) is 5.68. The monoisotopic (exact) mass is 203 g/mol. The third kappa shape index (κ3) is 6.84. The van der Waals surface area contributed by atoms with E-state index in [0.29, 0.717) is 0 Å². The summed E-state index contributed by atoms with van der Waals surface area (Å²) in [7, 11) is 2.12. The zero-order valence-corrected chi connectivity index (χ0v) is 10.1. The highest BCUT2D eigenvalue weighted by Crippen LogP contribution is 2.02. The largest absolute Gasteiger partial charge is 0.385 e. The maximum atomic E-state index is 3.78. The molecule has 0 spiro atoms. The van der Waals surface area contributed by atoms with Crippen LogP contribution in [0.4, 0.5) is 0 Å². The minimum absolute atomic E-state index is 1.01. The van der Waals surface area contributed by atoms with Gasteiger partial charge in [-0.2, -0.15) is 0 Å². The van der Waals surface area contributed by atoms with Gasteiger partial charge in [0.15, 0.2) is 0 Å². The Morgan fingerprint density at radius 1 is 1.27 bits per heavy atom. The van der Waals surface area contributed by atoms with E-state index in [9.17, 15) is 0 Å². The van der Waals surface area contributed by atoms with Crippen molar-refractivity contribution in [2.75, 3.05) is 6.54 Å². The molecule has 0 aromatic heterocycles. The average Bonchev–Trinajstić information content (AvgIpc) is 2.28. The van der Waals surface area contributed by atoms with Crippen molar-refractivity contribution in [2.45, 2.75) is 26.1 Å². The maximum absolute atomic E-state index is 3.78. The number of unbranched alkanes of at least 4 members (excludes halogenated alkanes) is 1. The molecule has 1 N–H and O–H groups in total. The van der Waals surface area contributed by atoms with Crippen LogP contribution in [0.2, 0.25) is 6.32 Å². The molecule has 15 heavy (non-hydrogen) atoms. The van der Waals surface area contributed by atoms with Gasteiger partial charge in [-0.05, 0) is 18.6 Å².